The first-order chi connectivity index (χ1) is 12.2. The van der Waals surface area contributed by atoms with Crippen LogP contribution in [0.25, 0.3) is 21.5 Å². The molecule has 0 unspecified atom stereocenters. The molecule has 0 atom stereocenters. The zero-order valence-corrected chi connectivity index (χ0v) is 14.1. The lowest BCUT2D eigenvalue weighted by molar-refractivity contribution is 0.0956. The number of anilines is 1. The second-order valence-electron chi connectivity index (χ2n) is 6.21. The van der Waals surface area contributed by atoms with Gasteiger partial charge in [0.25, 0.3) is 5.91 Å². The molecule has 0 spiro atoms. The quantitative estimate of drug-likeness (QED) is 0.755. The van der Waals surface area contributed by atoms with Crippen LogP contribution in [0.1, 0.15) is 22.5 Å². The van der Waals surface area contributed by atoms with Crippen LogP contribution in [0.4, 0.5) is 5.69 Å². The number of nitrogens with two attached hydrogens (primary N) is 1. The fraction of sp³-hybridized carbons (Fsp3) is 0.222. The van der Waals surface area contributed by atoms with Gasteiger partial charge in [0, 0.05) is 17.0 Å². The maximum atomic E-state index is 12.3. The maximum Gasteiger partial charge on any atom is 0.263 e. The van der Waals surface area contributed by atoms with E-state index in [-0.39, 0.29) is 12.7 Å². The standard InChI is InChI=1S/C18H15N3O3S/c19-15-11-4-5-12(9-1-6-13-14(7-9)24-8-23-13)21-18(11)25-16(15)17(22)20-10-2-3-10/h1,4-7,10H,2-3,8,19H2,(H,20,22). The van der Waals surface area contributed by atoms with Gasteiger partial charge in [0.1, 0.15) is 9.71 Å². The van der Waals surface area contributed by atoms with Crippen LogP contribution in [-0.2, 0) is 0 Å². The predicted octanol–water partition coefficient (Wildman–Crippen LogP) is 3.17. The number of carbonyl (C=O) groups excluding carboxylic acids is 1. The number of carbonyl (C=O) groups is 1. The van der Waals surface area contributed by atoms with Gasteiger partial charge in [0.2, 0.25) is 6.79 Å². The van der Waals surface area contributed by atoms with Crippen molar-refractivity contribution in [2.45, 2.75) is 18.9 Å². The number of thiophene rings is 1. The summed E-state index contributed by atoms with van der Waals surface area (Å²) in [6.07, 6.45) is 2.09. The second-order valence-corrected chi connectivity index (χ2v) is 7.21. The molecule has 5 rings (SSSR count). The van der Waals surface area contributed by atoms with Gasteiger partial charge in [-0.25, -0.2) is 4.98 Å². The van der Waals surface area contributed by atoms with Crippen molar-refractivity contribution < 1.29 is 14.3 Å². The van der Waals surface area contributed by atoms with Gasteiger partial charge in [-0.05, 0) is 43.2 Å². The molecule has 126 valence electrons. The predicted molar refractivity (Wildman–Crippen MR) is 96.1 cm³/mol. The van der Waals surface area contributed by atoms with Gasteiger partial charge >= 0.3 is 0 Å². The molecular weight excluding hydrogens is 338 g/mol. The van der Waals surface area contributed by atoms with Gasteiger partial charge in [-0.15, -0.1) is 11.3 Å². The number of hydrogen-bond acceptors (Lipinski definition) is 6. The Morgan fingerprint density at radius 1 is 1.20 bits per heavy atom. The molecule has 3 N–H and O–H groups in total. The molecule has 3 aromatic rings. The number of fused-ring (bicyclic) bond motifs is 2. The number of ether oxygens (including phenoxy) is 2. The number of nitrogens with zero attached hydrogens (tertiary/aromatic N) is 1. The first-order valence-electron chi connectivity index (χ1n) is 8.09. The van der Waals surface area contributed by atoms with Crippen LogP contribution in [0.3, 0.4) is 0 Å². The molecule has 1 saturated carbocycles. The third-order valence-corrected chi connectivity index (χ3v) is 5.49. The Labute approximate surface area is 147 Å². The molecule has 0 radical (unpaired) electrons. The largest absolute Gasteiger partial charge is 0.454 e. The smallest absolute Gasteiger partial charge is 0.263 e. The Bertz CT molecular complexity index is 1010. The van der Waals surface area contributed by atoms with Gasteiger partial charge in [-0.2, -0.15) is 0 Å². The summed E-state index contributed by atoms with van der Waals surface area (Å²) in [4.78, 5) is 18.3. The van der Waals surface area contributed by atoms with Gasteiger partial charge in [0.15, 0.2) is 11.5 Å². The Kier molecular flexibility index (Phi) is 3.11. The number of amides is 1. The van der Waals surface area contributed by atoms with Crippen molar-refractivity contribution >= 4 is 33.1 Å². The van der Waals surface area contributed by atoms with E-state index in [2.05, 4.69) is 5.32 Å². The molecular formula is C18H15N3O3S. The highest BCUT2D eigenvalue weighted by molar-refractivity contribution is 7.21. The number of rotatable bonds is 3. The molecule has 6 nitrogen and oxygen atoms in total. The Balaban J connectivity index is 1.54. The van der Waals surface area contributed by atoms with E-state index >= 15 is 0 Å². The highest BCUT2D eigenvalue weighted by atomic mass is 32.1. The van der Waals surface area contributed by atoms with E-state index in [1.54, 1.807) is 0 Å². The minimum atomic E-state index is -0.104. The first kappa shape index (κ1) is 14.5. The summed E-state index contributed by atoms with van der Waals surface area (Å²) in [7, 11) is 0. The molecule has 1 aliphatic heterocycles. The Morgan fingerprint density at radius 3 is 2.88 bits per heavy atom. The molecule has 2 aliphatic rings. The molecule has 1 fully saturated rings. The van der Waals surface area contributed by atoms with Crippen LogP contribution >= 0.6 is 11.3 Å². The molecule has 0 bridgehead atoms. The van der Waals surface area contributed by atoms with Crippen LogP contribution in [0.5, 0.6) is 11.5 Å². The highest BCUT2D eigenvalue weighted by Gasteiger charge is 2.26. The fourth-order valence-corrected chi connectivity index (χ4v) is 3.86. The molecule has 1 amide bonds. The molecule has 3 heterocycles. The van der Waals surface area contributed by atoms with Crippen LogP contribution in [0, 0.1) is 0 Å². The molecule has 25 heavy (non-hydrogen) atoms. The SMILES string of the molecule is Nc1c(C(=O)NC2CC2)sc2nc(-c3ccc4c(c3)OCO4)ccc12. The summed E-state index contributed by atoms with van der Waals surface area (Å²) in [6, 6.07) is 9.86. The average molecular weight is 353 g/mol. The third kappa shape index (κ3) is 2.47. The van der Waals surface area contributed by atoms with Crippen molar-refractivity contribution in [1.29, 1.82) is 0 Å². The molecule has 1 aliphatic carbocycles. The first-order valence-corrected chi connectivity index (χ1v) is 8.90. The minimum Gasteiger partial charge on any atom is -0.454 e. The van der Waals surface area contributed by atoms with Crippen molar-refractivity contribution in [3.05, 3.63) is 35.2 Å². The number of nitrogen functional groups attached to an aromatic ring is 1. The average Bonchev–Trinajstić information content (AvgIpc) is 3.19. The number of nitrogens with one attached hydrogen (secondary N) is 1. The van der Waals surface area contributed by atoms with E-state index in [4.69, 9.17) is 20.2 Å². The lowest BCUT2D eigenvalue weighted by Crippen LogP contribution is -2.25. The van der Waals surface area contributed by atoms with Crippen LogP contribution in [-0.4, -0.2) is 23.7 Å². The highest BCUT2D eigenvalue weighted by Crippen LogP contribution is 2.38. The topological polar surface area (TPSA) is 86.5 Å². The summed E-state index contributed by atoms with van der Waals surface area (Å²) in [6.45, 7) is 0.242. The molecule has 2 aromatic heterocycles. The Hall–Kier alpha value is -2.80. The van der Waals surface area contributed by atoms with Crippen LogP contribution < -0.4 is 20.5 Å². The summed E-state index contributed by atoms with van der Waals surface area (Å²) in [5, 5.41) is 3.79. The summed E-state index contributed by atoms with van der Waals surface area (Å²) in [5.41, 5.74) is 8.41. The van der Waals surface area contributed by atoms with Crippen LogP contribution in [0.15, 0.2) is 30.3 Å². The van der Waals surface area contributed by atoms with E-state index in [1.807, 2.05) is 30.3 Å². The van der Waals surface area contributed by atoms with E-state index in [1.165, 1.54) is 11.3 Å². The third-order valence-electron chi connectivity index (χ3n) is 4.38. The number of aromatic nitrogens is 1. The van der Waals surface area contributed by atoms with Crippen molar-refractivity contribution in [2.24, 2.45) is 0 Å². The van der Waals surface area contributed by atoms with Gasteiger partial charge in [-0.3, -0.25) is 4.79 Å². The Morgan fingerprint density at radius 2 is 2.04 bits per heavy atom. The lowest BCUT2D eigenvalue weighted by Gasteiger charge is -2.03. The van der Waals surface area contributed by atoms with E-state index in [0.29, 0.717) is 16.6 Å². The maximum absolute atomic E-state index is 12.3. The molecule has 7 heteroatoms. The van der Waals surface area contributed by atoms with Crippen molar-refractivity contribution in [2.75, 3.05) is 12.5 Å². The minimum absolute atomic E-state index is 0.104. The normalized spacial score (nSPS) is 15.5. The van der Waals surface area contributed by atoms with E-state index in [9.17, 15) is 4.79 Å². The van der Waals surface area contributed by atoms with Crippen molar-refractivity contribution in [3.63, 3.8) is 0 Å². The zero-order chi connectivity index (χ0) is 17.0. The van der Waals surface area contributed by atoms with Crippen molar-refractivity contribution in [1.82, 2.24) is 10.3 Å². The van der Waals surface area contributed by atoms with Crippen molar-refractivity contribution in [3.8, 4) is 22.8 Å². The summed E-state index contributed by atoms with van der Waals surface area (Å²) < 4.78 is 10.8. The van der Waals surface area contributed by atoms with Gasteiger partial charge in [0.05, 0.1) is 11.4 Å². The lowest BCUT2D eigenvalue weighted by atomic mass is 10.1. The second kappa shape index (κ2) is 5.35. The summed E-state index contributed by atoms with van der Waals surface area (Å²) in [5.74, 6) is 1.35. The monoisotopic (exact) mass is 353 g/mol. The molecule has 1 aromatic carbocycles. The van der Waals surface area contributed by atoms with E-state index < -0.39 is 0 Å². The number of benzene rings is 1. The van der Waals surface area contributed by atoms with Crippen LogP contribution in [0.2, 0.25) is 0 Å². The van der Waals surface area contributed by atoms with E-state index in [0.717, 1.165) is 45.8 Å². The van der Waals surface area contributed by atoms with Gasteiger partial charge < -0.3 is 20.5 Å². The van der Waals surface area contributed by atoms with Gasteiger partial charge in [-0.1, -0.05) is 0 Å². The molecule has 0 saturated heterocycles. The number of pyridine rings is 1. The summed E-state index contributed by atoms with van der Waals surface area (Å²) >= 11 is 1.33. The zero-order valence-electron chi connectivity index (χ0n) is 13.2. The fourth-order valence-electron chi connectivity index (χ4n) is 2.86. The number of hydrogen-bond donors (Lipinski definition) is 2.